The number of thioether (sulfide) groups is 1. The van der Waals surface area contributed by atoms with Gasteiger partial charge >= 0.3 is 0 Å². The van der Waals surface area contributed by atoms with E-state index in [1.54, 1.807) is 0 Å². The van der Waals surface area contributed by atoms with Gasteiger partial charge in [0.05, 0.1) is 12.5 Å². The van der Waals surface area contributed by atoms with Crippen LogP contribution in [0.3, 0.4) is 0 Å². The number of rotatable bonds is 7. The molecule has 3 atom stereocenters. The molecule has 0 saturated carbocycles. The summed E-state index contributed by atoms with van der Waals surface area (Å²) in [4.78, 5) is 18.0. The van der Waals surface area contributed by atoms with Crippen LogP contribution in [0.1, 0.15) is 23.6 Å². The zero-order chi connectivity index (χ0) is 19.3. The first-order chi connectivity index (χ1) is 13.8. The minimum atomic E-state index is 0.216. The highest BCUT2D eigenvalue weighted by Gasteiger charge is 2.48. The Morgan fingerprint density at radius 2 is 1.71 bits per heavy atom. The van der Waals surface area contributed by atoms with Crippen molar-refractivity contribution in [1.29, 1.82) is 0 Å². The van der Waals surface area contributed by atoms with Crippen molar-refractivity contribution in [1.82, 2.24) is 9.80 Å². The standard InChI is InChI=1S/C24H30N2OS/c1-28-14-8-13-25-16-21-17-26(23(27)15-19-9-4-2-5-10-19)24(22(21)18-25)20-11-6-3-7-12-20/h2-7,9-12,21-22,24H,8,13-18H2,1H3/t21-,22-,24+/m0/s1. The van der Waals surface area contributed by atoms with Crippen LogP contribution in [0.25, 0.3) is 0 Å². The van der Waals surface area contributed by atoms with Crippen molar-refractivity contribution in [2.75, 3.05) is 38.2 Å². The van der Waals surface area contributed by atoms with E-state index in [1.165, 1.54) is 24.3 Å². The maximum absolute atomic E-state index is 13.2. The fourth-order valence-corrected chi connectivity index (χ4v) is 5.38. The van der Waals surface area contributed by atoms with Crippen molar-refractivity contribution in [2.24, 2.45) is 11.8 Å². The minimum Gasteiger partial charge on any atom is -0.335 e. The topological polar surface area (TPSA) is 23.6 Å². The number of nitrogens with zero attached hydrogens (tertiary/aromatic N) is 2. The third kappa shape index (κ3) is 4.28. The van der Waals surface area contributed by atoms with Crippen LogP contribution in [0.2, 0.25) is 0 Å². The van der Waals surface area contributed by atoms with E-state index >= 15 is 0 Å². The minimum absolute atomic E-state index is 0.216. The molecule has 0 N–H and O–H groups in total. The number of carbonyl (C=O) groups excluding carboxylic acids is 1. The molecule has 0 aromatic heterocycles. The number of likely N-dealkylation sites (tertiary alicyclic amines) is 2. The molecule has 0 aliphatic carbocycles. The summed E-state index contributed by atoms with van der Waals surface area (Å²) in [5, 5.41) is 0. The van der Waals surface area contributed by atoms with E-state index in [0.717, 1.165) is 25.2 Å². The van der Waals surface area contributed by atoms with Gasteiger partial charge in [-0.15, -0.1) is 0 Å². The summed E-state index contributed by atoms with van der Waals surface area (Å²) in [6.45, 7) is 4.34. The Morgan fingerprint density at radius 3 is 2.43 bits per heavy atom. The molecular weight excluding hydrogens is 364 g/mol. The van der Waals surface area contributed by atoms with Crippen LogP contribution in [0.4, 0.5) is 0 Å². The van der Waals surface area contributed by atoms with Crippen LogP contribution in [0, 0.1) is 11.8 Å². The molecule has 28 heavy (non-hydrogen) atoms. The van der Waals surface area contributed by atoms with Crippen LogP contribution in [0.15, 0.2) is 60.7 Å². The maximum atomic E-state index is 13.2. The first-order valence-corrected chi connectivity index (χ1v) is 11.8. The molecule has 2 fully saturated rings. The van der Waals surface area contributed by atoms with E-state index < -0.39 is 0 Å². The highest BCUT2D eigenvalue weighted by atomic mass is 32.2. The molecule has 0 unspecified atom stereocenters. The highest BCUT2D eigenvalue weighted by Crippen LogP contribution is 2.45. The second-order valence-corrected chi connectivity index (χ2v) is 9.08. The molecule has 148 valence electrons. The molecule has 2 heterocycles. The van der Waals surface area contributed by atoms with Crippen molar-refractivity contribution in [3.8, 4) is 0 Å². The quantitative estimate of drug-likeness (QED) is 0.660. The number of hydrogen-bond acceptors (Lipinski definition) is 3. The summed E-state index contributed by atoms with van der Waals surface area (Å²) >= 11 is 1.93. The lowest BCUT2D eigenvalue weighted by Crippen LogP contribution is -2.36. The predicted molar refractivity (Wildman–Crippen MR) is 117 cm³/mol. The molecule has 0 spiro atoms. The number of amides is 1. The van der Waals surface area contributed by atoms with Gasteiger partial charge in [-0.2, -0.15) is 11.8 Å². The van der Waals surface area contributed by atoms with Gasteiger partial charge in [-0.3, -0.25) is 4.79 Å². The first kappa shape index (κ1) is 19.5. The van der Waals surface area contributed by atoms with Gasteiger partial charge in [0.25, 0.3) is 0 Å². The van der Waals surface area contributed by atoms with Crippen molar-refractivity contribution in [3.05, 3.63) is 71.8 Å². The van der Waals surface area contributed by atoms with Gasteiger partial charge in [-0.1, -0.05) is 60.7 Å². The molecule has 1 amide bonds. The van der Waals surface area contributed by atoms with E-state index in [-0.39, 0.29) is 11.9 Å². The molecule has 2 saturated heterocycles. The van der Waals surface area contributed by atoms with Gasteiger partial charge in [-0.25, -0.2) is 0 Å². The Morgan fingerprint density at radius 1 is 1.00 bits per heavy atom. The summed E-state index contributed by atoms with van der Waals surface area (Å²) in [6, 6.07) is 21.0. The van der Waals surface area contributed by atoms with E-state index in [2.05, 4.69) is 58.5 Å². The Labute approximate surface area is 173 Å². The molecular formula is C24H30N2OS. The monoisotopic (exact) mass is 394 g/mol. The van der Waals surface area contributed by atoms with Crippen molar-refractivity contribution in [3.63, 3.8) is 0 Å². The van der Waals surface area contributed by atoms with Crippen LogP contribution in [0.5, 0.6) is 0 Å². The normalized spacial score (nSPS) is 24.5. The second kappa shape index (κ2) is 9.15. The molecule has 2 aromatic carbocycles. The van der Waals surface area contributed by atoms with Crippen LogP contribution in [-0.4, -0.2) is 53.9 Å². The van der Waals surface area contributed by atoms with Gasteiger partial charge < -0.3 is 9.80 Å². The fourth-order valence-electron chi connectivity index (χ4n) is 4.96. The van der Waals surface area contributed by atoms with Crippen molar-refractivity contribution >= 4 is 17.7 Å². The zero-order valence-electron chi connectivity index (χ0n) is 16.7. The second-order valence-electron chi connectivity index (χ2n) is 8.09. The summed E-state index contributed by atoms with van der Waals surface area (Å²) in [7, 11) is 0. The third-order valence-corrected chi connectivity index (χ3v) is 6.92. The van der Waals surface area contributed by atoms with Crippen LogP contribution < -0.4 is 0 Å². The van der Waals surface area contributed by atoms with Gasteiger partial charge in [0, 0.05) is 25.6 Å². The van der Waals surface area contributed by atoms with Gasteiger partial charge in [0.1, 0.15) is 0 Å². The molecule has 2 aliphatic rings. The Kier molecular flexibility index (Phi) is 6.38. The molecule has 3 nitrogen and oxygen atoms in total. The zero-order valence-corrected chi connectivity index (χ0v) is 17.5. The van der Waals surface area contributed by atoms with E-state index in [4.69, 9.17) is 0 Å². The Hall–Kier alpha value is -1.78. The fraction of sp³-hybridized carbons (Fsp3) is 0.458. The number of benzene rings is 2. The largest absolute Gasteiger partial charge is 0.335 e. The average Bonchev–Trinajstić information content (AvgIpc) is 3.27. The highest BCUT2D eigenvalue weighted by molar-refractivity contribution is 7.98. The van der Waals surface area contributed by atoms with Crippen molar-refractivity contribution < 1.29 is 4.79 Å². The van der Waals surface area contributed by atoms with Crippen molar-refractivity contribution in [2.45, 2.75) is 18.9 Å². The lowest BCUT2D eigenvalue weighted by atomic mass is 9.89. The van der Waals surface area contributed by atoms with E-state index in [0.29, 0.717) is 18.3 Å². The summed E-state index contributed by atoms with van der Waals surface area (Å²) < 4.78 is 0. The lowest BCUT2D eigenvalue weighted by molar-refractivity contribution is -0.132. The molecule has 2 aromatic rings. The van der Waals surface area contributed by atoms with E-state index in [9.17, 15) is 4.79 Å². The van der Waals surface area contributed by atoms with Crippen LogP contribution in [-0.2, 0) is 11.2 Å². The SMILES string of the molecule is CSCCCN1C[C@H]2CN(C(=O)Cc3ccccc3)[C@H](c3ccccc3)[C@H]2C1. The maximum Gasteiger partial charge on any atom is 0.227 e. The molecule has 0 radical (unpaired) electrons. The van der Waals surface area contributed by atoms with Gasteiger partial charge in [-0.05, 0) is 42.0 Å². The summed E-state index contributed by atoms with van der Waals surface area (Å²) in [5.41, 5.74) is 2.40. The van der Waals surface area contributed by atoms with Crippen LogP contribution >= 0.6 is 11.8 Å². The number of fused-ring (bicyclic) bond motifs is 1. The third-order valence-electron chi connectivity index (χ3n) is 6.22. The predicted octanol–water partition coefficient (Wildman–Crippen LogP) is 4.11. The van der Waals surface area contributed by atoms with Gasteiger partial charge in [0.2, 0.25) is 5.91 Å². The van der Waals surface area contributed by atoms with E-state index in [1.807, 2.05) is 30.0 Å². The number of hydrogen-bond donors (Lipinski definition) is 0. The Bertz CT molecular complexity index is 767. The average molecular weight is 395 g/mol. The Balaban J connectivity index is 1.50. The molecule has 2 aliphatic heterocycles. The molecule has 4 rings (SSSR count). The lowest BCUT2D eigenvalue weighted by Gasteiger charge is -2.30. The number of carbonyl (C=O) groups is 1. The molecule has 4 heteroatoms. The summed E-state index contributed by atoms with van der Waals surface area (Å²) in [6.07, 6.45) is 3.94. The smallest absolute Gasteiger partial charge is 0.227 e. The molecule has 0 bridgehead atoms. The summed E-state index contributed by atoms with van der Waals surface area (Å²) in [5.74, 6) is 2.65. The first-order valence-electron chi connectivity index (χ1n) is 10.4. The van der Waals surface area contributed by atoms with Gasteiger partial charge in [0.15, 0.2) is 0 Å².